The minimum Gasteiger partial charge on any atom is -0.457 e. The molecule has 0 saturated carbocycles. The van der Waals surface area contributed by atoms with Gasteiger partial charge in [0.05, 0.1) is 4.90 Å². The number of unbranched alkanes of at least 4 members (excludes halogenated alkanes) is 4. The van der Waals surface area contributed by atoms with E-state index < -0.39 is 27.2 Å². The van der Waals surface area contributed by atoms with Gasteiger partial charge in [-0.05, 0) is 37.0 Å². The van der Waals surface area contributed by atoms with Crippen molar-refractivity contribution in [3.05, 3.63) is 42.5 Å². The first kappa shape index (κ1) is 22.4. The standard InChI is InChI=1S/C21H32O4S/c1-5-6-7-8-9-13-16-20(25-18(4)22)21(17(2)3)26(23,24)19-14-11-10-12-15-19/h10-17,20-21H,5-9H2,1-4H3/b16-13+. The lowest BCUT2D eigenvalue weighted by atomic mass is 10.0. The van der Waals surface area contributed by atoms with Gasteiger partial charge in [-0.3, -0.25) is 4.79 Å². The number of carbonyl (C=O) groups is 1. The Bertz CT molecular complexity index is 663. The first-order valence-corrected chi connectivity index (χ1v) is 11.0. The van der Waals surface area contributed by atoms with Gasteiger partial charge < -0.3 is 4.74 Å². The van der Waals surface area contributed by atoms with E-state index >= 15 is 0 Å². The van der Waals surface area contributed by atoms with Crippen molar-refractivity contribution in [2.45, 2.75) is 76.0 Å². The Morgan fingerprint density at radius 3 is 2.31 bits per heavy atom. The van der Waals surface area contributed by atoms with E-state index in [-0.39, 0.29) is 10.8 Å². The number of allylic oxidation sites excluding steroid dienone is 1. The van der Waals surface area contributed by atoms with Gasteiger partial charge in [0.15, 0.2) is 9.84 Å². The number of benzene rings is 1. The molecule has 146 valence electrons. The Labute approximate surface area is 158 Å². The van der Waals surface area contributed by atoms with Gasteiger partial charge in [-0.2, -0.15) is 0 Å². The van der Waals surface area contributed by atoms with Crippen molar-refractivity contribution in [3.63, 3.8) is 0 Å². The average molecular weight is 381 g/mol. The maximum atomic E-state index is 13.1. The van der Waals surface area contributed by atoms with Gasteiger partial charge >= 0.3 is 5.97 Å². The zero-order chi connectivity index (χ0) is 19.6. The van der Waals surface area contributed by atoms with Gasteiger partial charge in [0.25, 0.3) is 0 Å². The number of sulfone groups is 1. The monoisotopic (exact) mass is 380 g/mol. The Hall–Kier alpha value is -1.62. The molecule has 0 saturated heterocycles. The van der Waals surface area contributed by atoms with Crippen LogP contribution < -0.4 is 0 Å². The van der Waals surface area contributed by atoms with E-state index in [4.69, 9.17) is 4.74 Å². The maximum Gasteiger partial charge on any atom is 0.303 e. The van der Waals surface area contributed by atoms with Crippen LogP contribution in [0.15, 0.2) is 47.4 Å². The molecule has 0 spiro atoms. The minimum atomic E-state index is -3.62. The molecule has 0 aliphatic heterocycles. The summed E-state index contributed by atoms with van der Waals surface area (Å²) in [5.74, 6) is -0.672. The predicted octanol–water partition coefficient (Wildman–Crippen LogP) is 4.94. The molecule has 5 heteroatoms. The molecule has 0 aliphatic rings. The van der Waals surface area contributed by atoms with Gasteiger partial charge in [0, 0.05) is 6.92 Å². The van der Waals surface area contributed by atoms with E-state index in [2.05, 4.69) is 6.92 Å². The van der Waals surface area contributed by atoms with Crippen LogP contribution in [0.2, 0.25) is 0 Å². The fourth-order valence-corrected chi connectivity index (χ4v) is 5.08. The SMILES string of the molecule is CCCCCC/C=C/C(OC(C)=O)C(C(C)C)S(=O)(=O)c1ccccc1. The second-order valence-corrected chi connectivity index (χ2v) is 9.02. The van der Waals surface area contributed by atoms with Crippen LogP contribution in [0.4, 0.5) is 0 Å². The van der Waals surface area contributed by atoms with E-state index in [1.807, 2.05) is 19.9 Å². The Morgan fingerprint density at radius 2 is 1.77 bits per heavy atom. The Morgan fingerprint density at radius 1 is 1.12 bits per heavy atom. The third kappa shape index (κ3) is 6.94. The second-order valence-electron chi connectivity index (χ2n) is 6.92. The topological polar surface area (TPSA) is 60.4 Å². The molecular weight excluding hydrogens is 348 g/mol. The van der Waals surface area contributed by atoms with E-state index in [1.165, 1.54) is 19.8 Å². The van der Waals surface area contributed by atoms with E-state index in [1.54, 1.807) is 36.4 Å². The lowest BCUT2D eigenvalue weighted by Crippen LogP contribution is -2.40. The van der Waals surface area contributed by atoms with E-state index in [0.29, 0.717) is 0 Å². The van der Waals surface area contributed by atoms with Gasteiger partial charge in [0.1, 0.15) is 11.4 Å². The quantitative estimate of drug-likeness (QED) is 0.310. The largest absolute Gasteiger partial charge is 0.457 e. The molecule has 0 aliphatic carbocycles. The molecule has 0 radical (unpaired) electrons. The predicted molar refractivity (Wildman–Crippen MR) is 106 cm³/mol. The molecule has 0 heterocycles. The van der Waals surface area contributed by atoms with Crippen LogP contribution in [0.3, 0.4) is 0 Å². The van der Waals surface area contributed by atoms with Crippen molar-refractivity contribution in [2.75, 3.05) is 0 Å². The molecule has 2 atom stereocenters. The normalized spacial score (nSPS) is 14.5. The smallest absolute Gasteiger partial charge is 0.303 e. The van der Waals surface area contributed by atoms with Crippen molar-refractivity contribution in [1.82, 2.24) is 0 Å². The third-order valence-electron chi connectivity index (χ3n) is 4.26. The molecule has 2 unspecified atom stereocenters. The van der Waals surface area contributed by atoms with E-state index in [9.17, 15) is 13.2 Å². The summed E-state index contributed by atoms with van der Waals surface area (Å²) in [5.41, 5.74) is 0. The number of ether oxygens (including phenoxy) is 1. The van der Waals surface area contributed by atoms with Crippen LogP contribution in [0.25, 0.3) is 0 Å². The number of carbonyl (C=O) groups excluding carboxylic acids is 1. The number of hydrogen-bond acceptors (Lipinski definition) is 4. The third-order valence-corrected chi connectivity index (χ3v) is 6.72. The molecule has 26 heavy (non-hydrogen) atoms. The van der Waals surface area contributed by atoms with Crippen molar-refractivity contribution in [2.24, 2.45) is 5.92 Å². The Balaban J connectivity index is 3.05. The summed E-state index contributed by atoms with van der Waals surface area (Å²) in [7, 11) is -3.62. The Kier molecular flexibility index (Phi) is 9.63. The zero-order valence-corrected chi connectivity index (χ0v) is 17.2. The molecule has 0 bridgehead atoms. The molecule has 4 nitrogen and oxygen atoms in total. The van der Waals surface area contributed by atoms with E-state index in [0.717, 1.165) is 19.3 Å². The van der Waals surface area contributed by atoms with Crippen LogP contribution in [0, 0.1) is 5.92 Å². The van der Waals surface area contributed by atoms with Crippen LogP contribution in [0.1, 0.15) is 59.8 Å². The molecule has 0 fully saturated rings. The summed E-state index contributed by atoms with van der Waals surface area (Å²) in [6.07, 6.45) is 8.32. The average Bonchev–Trinajstić information content (AvgIpc) is 2.57. The number of rotatable bonds is 11. The van der Waals surface area contributed by atoms with Gasteiger partial charge in [-0.25, -0.2) is 8.42 Å². The highest BCUT2D eigenvalue weighted by molar-refractivity contribution is 7.92. The molecule has 0 amide bonds. The molecule has 1 aromatic rings. The lowest BCUT2D eigenvalue weighted by molar-refractivity contribution is -0.144. The van der Waals surface area contributed by atoms with Crippen molar-refractivity contribution < 1.29 is 17.9 Å². The van der Waals surface area contributed by atoms with Gasteiger partial charge in [-0.15, -0.1) is 0 Å². The van der Waals surface area contributed by atoms with Crippen molar-refractivity contribution in [3.8, 4) is 0 Å². The van der Waals surface area contributed by atoms with Crippen molar-refractivity contribution >= 4 is 15.8 Å². The van der Waals surface area contributed by atoms with Crippen LogP contribution in [0.5, 0.6) is 0 Å². The summed E-state index contributed by atoms with van der Waals surface area (Å²) in [5, 5.41) is -0.819. The highest BCUT2D eigenvalue weighted by Gasteiger charge is 2.37. The van der Waals surface area contributed by atoms with Crippen LogP contribution in [-0.4, -0.2) is 25.7 Å². The first-order chi connectivity index (χ1) is 12.3. The number of hydrogen-bond donors (Lipinski definition) is 0. The number of esters is 1. The minimum absolute atomic E-state index is 0.200. The van der Waals surface area contributed by atoms with Gasteiger partial charge in [0.2, 0.25) is 0 Å². The molecule has 0 aromatic heterocycles. The zero-order valence-electron chi connectivity index (χ0n) is 16.4. The summed E-state index contributed by atoms with van der Waals surface area (Å²) >= 11 is 0. The summed E-state index contributed by atoms with van der Waals surface area (Å²) in [6.45, 7) is 7.16. The van der Waals surface area contributed by atoms with Crippen LogP contribution >= 0.6 is 0 Å². The molecule has 1 aromatic carbocycles. The molecule has 0 N–H and O–H groups in total. The fourth-order valence-electron chi connectivity index (χ4n) is 3.01. The highest BCUT2D eigenvalue weighted by Crippen LogP contribution is 2.27. The van der Waals surface area contributed by atoms with Gasteiger partial charge in [-0.1, -0.05) is 64.3 Å². The summed E-state index contributed by atoms with van der Waals surface area (Å²) in [4.78, 5) is 11.8. The van der Waals surface area contributed by atoms with Crippen LogP contribution in [-0.2, 0) is 19.4 Å². The maximum absolute atomic E-state index is 13.1. The molecular formula is C21H32O4S. The lowest BCUT2D eigenvalue weighted by Gasteiger charge is -2.27. The first-order valence-electron chi connectivity index (χ1n) is 9.43. The summed E-state index contributed by atoms with van der Waals surface area (Å²) in [6, 6.07) is 8.36. The van der Waals surface area contributed by atoms with Crippen molar-refractivity contribution in [1.29, 1.82) is 0 Å². The fraction of sp³-hybridized carbons (Fsp3) is 0.571. The summed E-state index contributed by atoms with van der Waals surface area (Å²) < 4.78 is 31.7. The second kappa shape index (κ2) is 11.2. The highest BCUT2D eigenvalue weighted by atomic mass is 32.2. The molecule has 1 rings (SSSR count).